The summed E-state index contributed by atoms with van der Waals surface area (Å²) in [6.07, 6.45) is 1.26. The third kappa shape index (κ3) is 3.41. The second-order valence-corrected chi connectivity index (χ2v) is 7.83. The van der Waals surface area contributed by atoms with Gasteiger partial charge in [-0.25, -0.2) is 9.48 Å². The van der Waals surface area contributed by atoms with Crippen molar-refractivity contribution in [3.05, 3.63) is 40.3 Å². The minimum Gasteiger partial charge on any atom is -0.464 e. The van der Waals surface area contributed by atoms with Gasteiger partial charge in [0.15, 0.2) is 5.69 Å². The molecule has 1 aliphatic rings. The van der Waals surface area contributed by atoms with Crippen molar-refractivity contribution in [1.82, 2.24) is 14.7 Å². The Hall–Kier alpha value is -2.70. The van der Waals surface area contributed by atoms with E-state index in [0.717, 1.165) is 0 Å². The summed E-state index contributed by atoms with van der Waals surface area (Å²) in [7, 11) is 0. The van der Waals surface area contributed by atoms with Gasteiger partial charge in [0.25, 0.3) is 11.5 Å². The van der Waals surface area contributed by atoms with Crippen molar-refractivity contribution < 1.29 is 14.3 Å². The highest BCUT2D eigenvalue weighted by molar-refractivity contribution is 6.06. The molecule has 0 unspecified atom stereocenters. The maximum absolute atomic E-state index is 13.5. The number of ether oxygens (including phenoxy) is 1. The molecule has 28 heavy (non-hydrogen) atoms. The van der Waals surface area contributed by atoms with Gasteiger partial charge in [-0.1, -0.05) is 32.0 Å². The molecule has 3 rings (SSSR count). The van der Waals surface area contributed by atoms with Gasteiger partial charge in [0, 0.05) is 18.5 Å². The highest BCUT2D eigenvalue weighted by Crippen LogP contribution is 2.32. The fourth-order valence-corrected chi connectivity index (χ4v) is 3.78. The Morgan fingerprint density at radius 2 is 1.93 bits per heavy atom. The number of likely N-dealkylation sites (tertiary alicyclic amines) is 1. The standard InChI is InChI=1S/C21H27N3O4/c1-5-28-20(27)21(4)11-8-12-23(21)19(26)17-15-9-6-7-10-16(15)18(25)24(22-17)13-14(2)3/h6-7,9-10,14H,5,8,11-13H2,1-4H3/t21-/m0/s1. The van der Waals surface area contributed by atoms with Gasteiger partial charge in [-0.2, -0.15) is 5.10 Å². The summed E-state index contributed by atoms with van der Waals surface area (Å²) >= 11 is 0. The van der Waals surface area contributed by atoms with Gasteiger partial charge < -0.3 is 9.64 Å². The third-order valence-electron chi connectivity index (χ3n) is 5.21. The van der Waals surface area contributed by atoms with Crippen molar-refractivity contribution >= 4 is 22.6 Å². The second-order valence-electron chi connectivity index (χ2n) is 7.83. The van der Waals surface area contributed by atoms with Crippen molar-refractivity contribution in [2.75, 3.05) is 13.2 Å². The molecule has 2 aromatic rings. The lowest BCUT2D eigenvalue weighted by Gasteiger charge is -2.32. The van der Waals surface area contributed by atoms with Crippen molar-refractivity contribution in [3.8, 4) is 0 Å². The summed E-state index contributed by atoms with van der Waals surface area (Å²) in [5.74, 6) is -0.548. The first-order valence-corrected chi connectivity index (χ1v) is 9.78. The molecule has 1 amide bonds. The fraction of sp³-hybridized carbons (Fsp3) is 0.524. The number of amides is 1. The maximum Gasteiger partial charge on any atom is 0.331 e. The van der Waals surface area contributed by atoms with E-state index in [9.17, 15) is 14.4 Å². The molecule has 0 N–H and O–H groups in total. The Morgan fingerprint density at radius 1 is 1.25 bits per heavy atom. The quantitative estimate of drug-likeness (QED) is 0.739. The van der Waals surface area contributed by atoms with Gasteiger partial charge in [0.05, 0.1) is 12.0 Å². The number of esters is 1. The van der Waals surface area contributed by atoms with E-state index in [1.807, 2.05) is 13.8 Å². The smallest absolute Gasteiger partial charge is 0.331 e. The minimum absolute atomic E-state index is 0.200. The molecule has 2 heterocycles. The minimum atomic E-state index is -1.02. The molecular formula is C21H27N3O4. The number of hydrogen-bond donors (Lipinski definition) is 0. The molecule has 0 radical (unpaired) electrons. The van der Waals surface area contributed by atoms with Crippen molar-refractivity contribution in [3.63, 3.8) is 0 Å². The lowest BCUT2D eigenvalue weighted by Crippen LogP contribution is -2.52. The average Bonchev–Trinajstić information content (AvgIpc) is 3.06. The zero-order valence-electron chi connectivity index (χ0n) is 16.9. The summed E-state index contributed by atoms with van der Waals surface area (Å²) in [6.45, 7) is 8.59. The topological polar surface area (TPSA) is 81.5 Å². The number of nitrogens with zero attached hydrogens (tertiary/aromatic N) is 3. The Bertz CT molecular complexity index is 966. The van der Waals surface area contributed by atoms with E-state index in [1.54, 1.807) is 43.0 Å². The van der Waals surface area contributed by atoms with Gasteiger partial charge in [-0.15, -0.1) is 0 Å². The first-order valence-electron chi connectivity index (χ1n) is 9.78. The van der Waals surface area contributed by atoms with E-state index in [-0.39, 0.29) is 29.7 Å². The Labute approximate surface area is 164 Å². The summed E-state index contributed by atoms with van der Waals surface area (Å²) in [6, 6.07) is 6.99. The van der Waals surface area contributed by atoms with E-state index in [2.05, 4.69) is 5.10 Å². The number of carbonyl (C=O) groups is 2. The number of aromatic nitrogens is 2. The molecule has 1 fully saturated rings. The van der Waals surface area contributed by atoms with E-state index >= 15 is 0 Å². The zero-order chi connectivity index (χ0) is 20.5. The summed E-state index contributed by atoms with van der Waals surface area (Å²) in [5.41, 5.74) is -1.03. The van der Waals surface area contributed by atoms with Crippen LogP contribution >= 0.6 is 0 Å². The van der Waals surface area contributed by atoms with E-state index in [0.29, 0.717) is 36.7 Å². The SMILES string of the molecule is CCOC(=O)[C@]1(C)CCCN1C(=O)c1nn(CC(C)C)c(=O)c2ccccc12. The third-order valence-corrected chi connectivity index (χ3v) is 5.21. The largest absolute Gasteiger partial charge is 0.464 e. The fourth-order valence-electron chi connectivity index (χ4n) is 3.78. The number of carbonyl (C=O) groups excluding carboxylic acids is 2. The molecule has 7 nitrogen and oxygen atoms in total. The number of fused-ring (bicyclic) bond motifs is 1. The van der Waals surface area contributed by atoms with E-state index in [4.69, 9.17) is 4.74 Å². The van der Waals surface area contributed by atoms with Gasteiger partial charge in [0.1, 0.15) is 5.54 Å². The first-order chi connectivity index (χ1) is 13.3. The Morgan fingerprint density at radius 3 is 2.57 bits per heavy atom. The molecular weight excluding hydrogens is 358 g/mol. The Balaban J connectivity index is 2.12. The van der Waals surface area contributed by atoms with E-state index < -0.39 is 11.5 Å². The number of rotatable bonds is 5. The summed E-state index contributed by atoms with van der Waals surface area (Å²) < 4.78 is 6.58. The van der Waals surface area contributed by atoms with Crippen LogP contribution in [-0.2, 0) is 16.1 Å². The van der Waals surface area contributed by atoms with Gasteiger partial charge in [0.2, 0.25) is 0 Å². The number of hydrogen-bond acceptors (Lipinski definition) is 5. The molecule has 0 spiro atoms. The highest BCUT2D eigenvalue weighted by Gasteiger charge is 2.47. The molecule has 1 aromatic carbocycles. The molecule has 0 aliphatic carbocycles. The molecule has 0 saturated carbocycles. The van der Waals surface area contributed by atoms with Crippen molar-refractivity contribution in [1.29, 1.82) is 0 Å². The molecule has 1 saturated heterocycles. The molecule has 1 atom stereocenters. The average molecular weight is 385 g/mol. The van der Waals surface area contributed by atoms with Gasteiger partial charge in [-0.05, 0) is 38.7 Å². The maximum atomic E-state index is 13.5. The van der Waals surface area contributed by atoms with Crippen LogP contribution in [0.3, 0.4) is 0 Å². The van der Waals surface area contributed by atoms with Gasteiger partial charge >= 0.3 is 5.97 Å². The van der Waals surface area contributed by atoms with E-state index in [1.165, 1.54) is 4.68 Å². The monoisotopic (exact) mass is 385 g/mol. The predicted octanol–water partition coefficient (Wildman–Crippen LogP) is 2.61. The van der Waals surface area contributed by atoms with Crippen LogP contribution in [0.5, 0.6) is 0 Å². The predicted molar refractivity (Wildman–Crippen MR) is 106 cm³/mol. The lowest BCUT2D eigenvalue weighted by atomic mass is 9.98. The second kappa shape index (κ2) is 7.73. The Kier molecular flexibility index (Phi) is 5.54. The molecule has 7 heteroatoms. The summed E-state index contributed by atoms with van der Waals surface area (Å²) in [4.78, 5) is 40.4. The van der Waals surface area contributed by atoms with Crippen LogP contribution < -0.4 is 5.56 Å². The van der Waals surface area contributed by atoms with Crippen LogP contribution in [0.25, 0.3) is 10.8 Å². The van der Waals surface area contributed by atoms with Crippen LogP contribution in [0.4, 0.5) is 0 Å². The van der Waals surface area contributed by atoms with Crippen LogP contribution in [0, 0.1) is 5.92 Å². The molecule has 1 aromatic heterocycles. The number of benzene rings is 1. The van der Waals surface area contributed by atoms with Crippen molar-refractivity contribution in [2.24, 2.45) is 5.92 Å². The zero-order valence-corrected chi connectivity index (χ0v) is 16.9. The summed E-state index contributed by atoms with van der Waals surface area (Å²) in [5, 5.41) is 5.38. The molecule has 1 aliphatic heterocycles. The van der Waals surface area contributed by atoms with Gasteiger partial charge in [-0.3, -0.25) is 9.59 Å². The lowest BCUT2D eigenvalue weighted by molar-refractivity contribution is -0.153. The van der Waals surface area contributed by atoms with Crippen LogP contribution in [0.2, 0.25) is 0 Å². The molecule has 0 bridgehead atoms. The van der Waals surface area contributed by atoms with Crippen LogP contribution in [0.1, 0.15) is 51.0 Å². The van der Waals surface area contributed by atoms with Crippen LogP contribution in [-0.4, -0.2) is 45.2 Å². The first kappa shape index (κ1) is 20.0. The van der Waals surface area contributed by atoms with Crippen molar-refractivity contribution in [2.45, 2.75) is 52.6 Å². The molecule has 150 valence electrons. The normalized spacial score (nSPS) is 19.4. The highest BCUT2D eigenvalue weighted by atomic mass is 16.5. The van der Waals surface area contributed by atoms with Crippen LogP contribution in [0.15, 0.2) is 29.1 Å².